The summed E-state index contributed by atoms with van der Waals surface area (Å²) in [5.74, 6) is -7.92. The molecule has 16 heteroatoms. The first-order valence-corrected chi connectivity index (χ1v) is 16.1. The maximum Gasteiger partial charge on any atom is 0.397 e. The van der Waals surface area contributed by atoms with Gasteiger partial charge in [0.1, 0.15) is 21.8 Å². The van der Waals surface area contributed by atoms with Crippen molar-refractivity contribution in [1.82, 2.24) is 0 Å². The molecular formula is C29H18Cl6F5NO3S. The van der Waals surface area contributed by atoms with Gasteiger partial charge in [-0.3, -0.25) is 14.4 Å². The molecule has 0 unspecified atom stereocenters. The van der Waals surface area contributed by atoms with Gasteiger partial charge in [0.15, 0.2) is 5.78 Å². The maximum absolute atomic E-state index is 15.2. The van der Waals surface area contributed by atoms with Crippen LogP contribution in [0.4, 0.5) is 27.6 Å². The molecule has 0 spiro atoms. The van der Waals surface area contributed by atoms with E-state index in [4.69, 9.17) is 69.6 Å². The Hall–Kier alpha value is -1.79. The molecule has 0 aromatic heterocycles. The summed E-state index contributed by atoms with van der Waals surface area (Å²) in [5, 5.41) is 3.00. The number of thioether (sulfide) groups is 1. The Balaban J connectivity index is 1.47. The minimum Gasteiger partial charge on any atom is -0.326 e. The average Bonchev–Trinajstić information content (AvgIpc) is 3.53. The Morgan fingerprint density at radius 3 is 2.16 bits per heavy atom. The lowest BCUT2D eigenvalue weighted by molar-refractivity contribution is -0.117. The van der Waals surface area contributed by atoms with Crippen molar-refractivity contribution >= 4 is 105 Å². The Bertz CT molecular complexity index is 1660. The van der Waals surface area contributed by atoms with Gasteiger partial charge < -0.3 is 5.32 Å². The van der Waals surface area contributed by atoms with Crippen LogP contribution in [0.15, 0.2) is 42.5 Å². The zero-order valence-electron chi connectivity index (χ0n) is 22.3. The third-order valence-electron chi connectivity index (χ3n) is 6.76. The third kappa shape index (κ3) is 8.58. The highest BCUT2D eigenvalue weighted by molar-refractivity contribution is 8.00. The molecule has 3 aromatic rings. The Morgan fingerprint density at radius 1 is 0.889 bits per heavy atom. The van der Waals surface area contributed by atoms with Crippen LogP contribution in [-0.2, 0) is 22.4 Å². The Labute approximate surface area is 287 Å². The Kier molecular flexibility index (Phi) is 11.3. The van der Waals surface area contributed by atoms with Gasteiger partial charge in [-0.05, 0) is 47.5 Å². The first-order valence-electron chi connectivity index (χ1n) is 12.7. The number of rotatable bonds is 11. The molecule has 1 N–H and O–H groups in total. The lowest BCUT2D eigenvalue weighted by atomic mass is 9.98. The van der Waals surface area contributed by atoms with Crippen LogP contribution in [0.1, 0.15) is 33.0 Å². The van der Waals surface area contributed by atoms with Crippen LogP contribution in [-0.4, -0.2) is 39.5 Å². The molecule has 45 heavy (non-hydrogen) atoms. The van der Waals surface area contributed by atoms with Gasteiger partial charge in [-0.15, -0.1) is 35.0 Å². The van der Waals surface area contributed by atoms with Gasteiger partial charge in [0.2, 0.25) is 5.91 Å². The summed E-state index contributed by atoms with van der Waals surface area (Å²) in [4.78, 5) is 38.4. The standard InChI is InChI=1S/C29H18Cl6F5NO3S/c30-18-3-2-14(41-27(44)24-23(29(24,34)35)13-5-19(31)25(33)20(32)6-13)8-16(18)22(43)7-12-1-4-21(36)17(26(12)37)9-15(42)10-45-11-28(38,39)40/h1-6,8,23-24H,7,9-11H2,(H,41,44)/t23-,24+/m0/s1. The van der Waals surface area contributed by atoms with E-state index in [0.717, 1.165) is 12.1 Å². The van der Waals surface area contributed by atoms with Crippen molar-refractivity contribution in [2.75, 3.05) is 16.8 Å². The molecule has 1 aliphatic carbocycles. The largest absolute Gasteiger partial charge is 0.397 e. The summed E-state index contributed by atoms with van der Waals surface area (Å²) < 4.78 is 65.0. The molecule has 1 saturated carbocycles. The van der Waals surface area contributed by atoms with Gasteiger partial charge in [-0.2, -0.15) is 13.2 Å². The maximum atomic E-state index is 15.2. The fourth-order valence-corrected chi connectivity index (χ4v) is 6.93. The highest BCUT2D eigenvalue weighted by Gasteiger charge is 2.67. The zero-order chi connectivity index (χ0) is 33.4. The van der Waals surface area contributed by atoms with E-state index >= 15 is 4.39 Å². The highest BCUT2D eigenvalue weighted by atomic mass is 35.5. The number of alkyl halides is 5. The van der Waals surface area contributed by atoms with E-state index in [9.17, 15) is 31.9 Å². The number of carbonyl (C=O) groups excluding carboxylic acids is 3. The predicted molar refractivity (Wildman–Crippen MR) is 169 cm³/mol. The summed E-state index contributed by atoms with van der Waals surface area (Å²) >= 11 is 37.5. The fraction of sp³-hybridized carbons (Fsp3) is 0.276. The van der Waals surface area contributed by atoms with Crippen LogP contribution in [0.5, 0.6) is 0 Å². The highest BCUT2D eigenvalue weighted by Crippen LogP contribution is 2.65. The lowest BCUT2D eigenvalue weighted by Crippen LogP contribution is -2.18. The molecule has 4 nitrogen and oxygen atoms in total. The topological polar surface area (TPSA) is 63.2 Å². The number of anilines is 1. The fourth-order valence-electron chi connectivity index (χ4n) is 4.60. The van der Waals surface area contributed by atoms with Crippen molar-refractivity contribution in [3.8, 4) is 0 Å². The smallest absolute Gasteiger partial charge is 0.326 e. The lowest BCUT2D eigenvalue weighted by Gasteiger charge is -2.12. The molecule has 0 radical (unpaired) electrons. The molecule has 1 aliphatic rings. The number of halogens is 11. The summed E-state index contributed by atoms with van der Waals surface area (Å²) in [7, 11) is 0. The molecule has 240 valence electrons. The summed E-state index contributed by atoms with van der Waals surface area (Å²) in [6.45, 7) is 0. The Morgan fingerprint density at radius 2 is 1.53 bits per heavy atom. The number of hydrogen-bond acceptors (Lipinski definition) is 4. The number of hydrogen-bond donors (Lipinski definition) is 1. The summed E-state index contributed by atoms with van der Waals surface area (Å²) in [6, 6.07) is 8.85. The van der Waals surface area contributed by atoms with Gasteiger partial charge in [-0.25, -0.2) is 8.78 Å². The molecule has 3 aromatic carbocycles. The van der Waals surface area contributed by atoms with E-state index < -0.39 is 81.4 Å². The molecule has 1 amide bonds. The molecule has 0 bridgehead atoms. The van der Waals surface area contributed by atoms with Crippen LogP contribution in [0.3, 0.4) is 0 Å². The number of carbonyl (C=O) groups is 3. The van der Waals surface area contributed by atoms with Crippen LogP contribution in [0, 0.1) is 17.6 Å². The number of nitrogens with one attached hydrogen (secondary N) is 1. The first kappa shape index (κ1) is 36.1. The van der Waals surface area contributed by atoms with E-state index in [1.807, 2.05) is 0 Å². The van der Waals surface area contributed by atoms with Crippen molar-refractivity contribution in [1.29, 1.82) is 0 Å². The summed E-state index contributed by atoms with van der Waals surface area (Å²) in [6.07, 6.45) is -5.90. The van der Waals surface area contributed by atoms with E-state index in [1.54, 1.807) is 0 Å². The molecule has 0 aliphatic heterocycles. The molecule has 0 saturated heterocycles. The van der Waals surface area contributed by atoms with Gasteiger partial charge in [0, 0.05) is 35.6 Å². The zero-order valence-corrected chi connectivity index (χ0v) is 27.7. The molecule has 4 rings (SSSR count). The van der Waals surface area contributed by atoms with Gasteiger partial charge in [0.25, 0.3) is 0 Å². The minimum atomic E-state index is -4.50. The monoisotopic (exact) mass is 765 g/mol. The third-order valence-corrected chi connectivity index (χ3v) is 10.3. The van der Waals surface area contributed by atoms with Crippen LogP contribution in [0.2, 0.25) is 20.1 Å². The van der Waals surface area contributed by atoms with Crippen LogP contribution >= 0.6 is 81.4 Å². The van der Waals surface area contributed by atoms with E-state index in [-0.39, 0.29) is 48.7 Å². The average molecular weight is 768 g/mol. The van der Waals surface area contributed by atoms with Crippen molar-refractivity contribution < 1.29 is 36.3 Å². The van der Waals surface area contributed by atoms with Crippen LogP contribution < -0.4 is 5.32 Å². The van der Waals surface area contributed by atoms with E-state index in [0.29, 0.717) is 5.56 Å². The van der Waals surface area contributed by atoms with Crippen molar-refractivity contribution in [2.24, 2.45) is 5.92 Å². The van der Waals surface area contributed by atoms with Gasteiger partial charge in [-0.1, -0.05) is 52.5 Å². The second-order valence-corrected chi connectivity index (χ2v) is 14.1. The normalized spacial score (nSPS) is 17.2. The number of benzene rings is 3. The first-order chi connectivity index (χ1) is 20.9. The molecule has 2 atom stereocenters. The van der Waals surface area contributed by atoms with E-state index in [2.05, 4.69) is 5.32 Å². The number of Topliss-reactive ketones (excluding diaryl/α,β-unsaturated/α-hetero) is 2. The van der Waals surface area contributed by atoms with Gasteiger partial charge in [0.05, 0.1) is 37.5 Å². The van der Waals surface area contributed by atoms with Crippen molar-refractivity contribution in [3.05, 3.63) is 96.4 Å². The van der Waals surface area contributed by atoms with Crippen molar-refractivity contribution in [3.63, 3.8) is 0 Å². The van der Waals surface area contributed by atoms with Crippen molar-refractivity contribution in [2.45, 2.75) is 29.3 Å². The summed E-state index contributed by atoms with van der Waals surface area (Å²) in [5.41, 5.74) is -0.428. The van der Waals surface area contributed by atoms with Crippen LogP contribution in [0.25, 0.3) is 0 Å². The number of amides is 1. The molecular weight excluding hydrogens is 750 g/mol. The molecule has 1 fully saturated rings. The van der Waals surface area contributed by atoms with E-state index in [1.165, 1.54) is 30.3 Å². The molecule has 0 heterocycles. The minimum absolute atomic E-state index is 0.0311. The second kappa shape index (κ2) is 14.1. The predicted octanol–water partition coefficient (Wildman–Crippen LogP) is 9.94. The SMILES string of the molecule is O=C(CSCC(F)(F)F)Cc1c(F)ccc(CC(=O)c2cc(NC(=O)[C@H]3[C@H](c4cc(Cl)c(Cl)c(Cl)c4)C3(Cl)Cl)ccc2Cl)c1F. The second-order valence-electron chi connectivity index (χ2n) is 10.0. The quantitative estimate of drug-likeness (QED) is 0.0914. The number of ketones is 2. The van der Waals surface area contributed by atoms with Gasteiger partial charge >= 0.3 is 6.18 Å².